The Kier molecular flexibility index (Phi) is 4.47. The zero-order valence-corrected chi connectivity index (χ0v) is 12.1. The van der Waals surface area contributed by atoms with Gasteiger partial charge in [-0.25, -0.2) is 4.79 Å². The number of methoxy groups -OCH3 is 1. The van der Waals surface area contributed by atoms with Gasteiger partial charge in [0.1, 0.15) is 11.8 Å². The quantitative estimate of drug-likeness (QED) is 0.848. The normalized spacial score (nSPS) is 21.4. The summed E-state index contributed by atoms with van der Waals surface area (Å²) in [5.74, 6) is -0.806. The maximum Gasteiger partial charge on any atom is 0.326 e. The van der Waals surface area contributed by atoms with E-state index in [0.29, 0.717) is 11.3 Å². The molecule has 6 heteroatoms. The smallest absolute Gasteiger partial charge is 0.326 e. The monoisotopic (exact) mass is 293 g/mol. The lowest BCUT2D eigenvalue weighted by Crippen LogP contribution is -2.41. The zero-order valence-electron chi connectivity index (χ0n) is 12.1. The first-order valence-corrected chi connectivity index (χ1v) is 6.76. The number of hydrogen-bond acceptors (Lipinski definition) is 4. The second-order valence-corrected chi connectivity index (χ2v) is 5.28. The Morgan fingerprint density at radius 1 is 1.43 bits per heavy atom. The largest absolute Gasteiger partial charge is 0.496 e. The van der Waals surface area contributed by atoms with Gasteiger partial charge in [0.15, 0.2) is 0 Å². The fourth-order valence-electron chi connectivity index (χ4n) is 2.63. The van der Waals surface area contributed by atoms with Crippen molar-refractivity contribution in [2.75, 3.05) is 13.7 Å². The second-order valence-electron chi connectivity index (χ2n) is 5.28. The van der Waals surface area contributed by atoms with E-state index in [1.165, 1.54) is 12.0 Å². The molecule has 114 valence electrons. The third-order valence-corrected chi connectivity index (χ3v) is 3.66. The van der Waals surface area contributed by atoms with Gasteiger partial charge >= 0.3 is 5.97 Å². The van der Waals surface area contributed by atoms with Crippen LogP contribution in [0.15, 0.2) is 18.2 Å². The number of carbonyl (C=O) groups is 2. The predicted octanol–water partition coefficient (Wildman–Crippen LogP) is 0.593. The minimum absolute atomic E-state index is 0.0569. The van der Waals surface area contributed by atoms with Crippen LogP contribution in [0.4, 0.5) is 0 Å². The molecule has 1 amide bonds. The Balaban J connectivity index is 2.18. The molecule has 0 spiro atoms. The average molecular weight is 293 g/mol. The number of nitrogens with zero attached hydrogens (tertiary/aromatic N) is 1. The molecule has 0 unspecified atom stereocenters. The lowest BCUT2D eigenvalue weighted by atomic mass is 10.1. The van der Waals surface area contributed by atoms with E-state index in [1.54, 1.807) is 6.07 Å². The number of ether oxygens (including phenoxy) is 1. The minimum Gasteiger partial charge on any atom is -0.496 e. The molecular weight excluding hydrogens is 274 g/mol. The van der Waals surface area contributed by atoms with Crippen LogP contribution in [0.5, 0.6) is 5.75 Å². The highest BCUT2D eigenvalue weighted by Gasteiger charge is 2.38. The van der Waals surface area contributed by atoms with E-state index in [-0.39, 0.29) is 25.3 Å². The molecule has 1 aromatic carbocycles. The van der Waals surface area contributed by atoms with E-state index in [1.807, 2.05) is 19.1 Å². The van der Waals surface area contributed by atoms with Gasteiger partial charge in [0.05, 0.1) is 19.6 Å². The maximum absolute atomic E-state index is 12.4. The van der Waals surface area contributed by atoms with Crippen LogP contribution in [0, 0.1) is 6.92 Å². The molecule has 1 aromatic rings. The molecule has 0 aromatic heterocycles. The van der Waals surface area contributed by atoms with Crippen molar-refractivity contribution in [1.82, 2.24) is 4.90 Å². The van der Waals surface area contributed by atoms with Crippen LogP contribution < -0.4 is 4.74 Å². The lowest BCUT2D eigenvalue weighted by Gasteiger charge is -2.21. The number of hydrogen-bond donors (Lipinski definition) is 2. The number of aliphatic hydroxyl groups is 1. The van der Waals surface area contributed by atoms with E-state index in [0.717, 1.165) is 5.56 Å². The summed E-state index contributed by atoms with van der Waals surface area (Å²) < 4.78 is 5.22. The topological polar surface area (TPSA) is 87.1 Å². The van der Waals surface area contributed by atoms with Crippen molar-refractivity contribution >= 4 is 11.9 Å². The Bertz CT molecular complexity index is 557. The number of aliphatic hydroxyl groups excluding tert-OH is 1. The van der Waals surface area contributed by atoms with Crippen LogP contribution in [0.2, 0.25) is 0 Å². The number of carboxylic acid groups (broad SMARTS) is 1. The van der Waals surface area contributed by atoms with E-state index in [9.17, 15) is 14.7 Å². The van der Waals surface area contributed by atoms with Crippen molar-refractivity contribution in [3.05, 3.63) is 29.3 Å². The van der Waals surface area contributed by atoms with Crippen molar-refractivity contribution in [2.45, 2.75) is 31.9 Å². The van der Waals surface area contributed by atoms with Gasteiger partial charge in [0.25, 0.3) is 0 Å². The summed E-state index contributed by atoms with van der Waals surface area (Å²) in [6, 6.07) is 4.56. The van der Waals surface area contributed by atoms with Crippen LogP contribution in [0.1, 0.15) is 17.5 Å². The average Bonchev–Trinajstić information content (AvgIpc) is 2.81. The summed E-state index contributed by atoms with van der Waals surface area (Å²) in [5, 5.41) is 18.7. The van der Waals surface area contributed by atoms with Crippen LogP contribution in [-0.4, -0.2) is 52.8 Å². The molecule has 1 aliphatic heterocycles. The van der Waals surface area contributed by atoms with Crippen LogP contribution in [0.3, 0.4) is 0 Å². The highest BCUT2D eigenvalue weighted by Crippen LogP contribution is 2.24. The second kappa shape index (κ2) is 6.13. The molecule has 0 saturated carbocycles. The van der Waals surface area contributed by atoms with Crippen molar-refractivity contribution in [1.29, 1.82) is 0 Å². The first-order chi connectivity index (χ1) is 9.92. The van der Waals surface area contributed by atoms with Crippen molar-refractivity contribution < 1.29 is 24.5 Å². The van der Waals surface area contributed by atoms with Gasteiger partial charge in [-0.3, -0.25) is 4.79 Å². The first kappa shape index (κ1) is 15.3. The summed E-state index contributed by atoms with van der Waals surface area (Å²) in [6.45, 7) is 1.97. The van der Waals surface area contributed by atoms with Crippen molar-refractivity contribution in [3.63, 3.8) is 0 Å². The van der Waals surface area contributed by atoms with E-state index < -0.39 is 18.1 Å². The zero-order chi connectivity index (χ0) is 15.6. The van der Waals surface area contributed by atoms with E-state index >= 15 is 0 Å². The van der Waals surface area contributed by atoms with Gasteiger partial charge in [-0.1, -0.05) is 17.7 Å². The fourth-order valence-corrected chi connectivity index (χ4v) is 2.63. The predicted molar refractivity (Wildman–Crippen MR) is 75.2 cm³/mol. The standard InChI is InChI=1S/C15H19NO5/c1-9-3-4-13(21-2)10(5-9)6-14(18)16-8-11(17)7-12(16)15(19)20/h3-5,11-12,17H,6-8H2,1-2H3,(H,19,20)/t11-,12-/m1/s1. The fraction of sp³-hybridized carbons (Fsp3) is 0.467. The summed E-state index contributed by atoms with van der Waals surface area (Å²) >= 11 is 0. The van der Waals surface area contributed by atoms with Gasteiger partial charge in [-0.2, -0.15) is 0 Å². The molecule has 1 heterocycles. The highest BCUT2D eigenvalue weighted by molar-refractivity contribution is 5.86. The SMILES string of the molecule is COc1ccc(C)cc1CC(=O)N1C[C@H](O)C[C@@H]1C(=O)O. The molecule has 0 radical (unpaired) electrons. The van der Waals surface area contributed by atoms with Gasteiger partial charge in [0.2, 0.25) is 5.91 Å². The van der Waals surface area contributed by atoms with Crippen LogP contribution in [-0.2, 0) is 16.0 Å². The molecule has 0 bridgehead atoms. The van der Waals surface area contributed by atoms with Gasteiger partial charge in [-0.05, 0) is 13.0 Å². The number of carbonyl (C=O) groups excluding carboxylic acids is 1. The number of aliphatic carboxylic acids is 1. The highest BCUT2D eigenvalue weighted by atomic mass is 16.5. The number of benzene rings is 1. The van der Waals surface area contributed by atoms with Crippen LogP contribution >= 0.6 is 0 Å². The number of aryl methyl sites for hydroxylation is 1. The number of amides is 1. The summed E-state index contributed by atoms with van der Waals surface area (Å²) in [5.41, 5.74) is 1.71. The van der Waals surface area contributed by atoms with Gasteiger partial charge in [0, 0.05) is 18.5 Å². The molecule has 1 aliphatic rings. The Labute approximate surface area is 122 Å². The third-order valence-electron chi connectivity index (χ3n) is 3.66. The van der Waals surface area contributed by atoms with Crippen molar-refractivity contribution in [2.24, 2.45) is 0 Å². The molecule has 2 rings (SSSR count). The molecule has 1 saturated heterocycles. The third kappa shape index (κ3) is 3.33. The van der Waals surface area contributed by atoms with Gasteiger partial charge in [-0.15, -0.1) is 0 Å². The minimum atomic E-state index is -1.09. The Morgan fingerprint density at radius 3 is 2.76 bits per heavy atom. The number of likely N-dealkylation sites (tertiary alicyclic amines) is 1. The molecule has 2 N–H and O–H groups in total. The van der Waals surface area contributed by atoms with E-state index in [4.69, 9.17) is 9.84 Å². The number of β-amino-alcohol motifs (C(OH)–C–C–N with tert-alkyl or cyclic N) is 1. The Morgan fingerprint density at radius 2 is 2.14 bits per heavy atom. The summed E-state index contributed by atoms with van der Waals surface area (Å²) in [4.78, 5) is 24.7. The number of rotatable bonds is 4. The lowest BCUT2D eigenvalue weighted by molar-refractivity contribution is -0.148. The van der Waals surface area contributed by atoms with Gasteiger partial charge < -0.3 is 19.8 Å². The summed E-state index contributed by atoms with van der Waals surface area (Å²) in [6.07, 6.45) is -0.651. The molecule has 21 heavy (non-hydrogen) atoms. The molecular formula is C15H19NO5. The van der Waals surface area contributed by atoms with Crippen LogP contribution in [0.25, 0.3) is 0 Å². The maximum atomic E-state index is 12.4. The molecule has 0 aliphatic carbocycles. The molecule has 2 atom stereocenters. The van der Waals surface area contributed by atoms with E-state index in [2.05, 4.69) is 0 Å². The first-order valence-electron chi connectivity index (χ1n) is 6.76. The summed E-state index contributed by atoms with van der Waals surface area (Å²) in [7, 11) is 1.53. The molecule has 6 nitrogen and oxygen atoms in total. The molecule has 1 fully saturated rings. The number of carboxylic acids is 1. The Hall–Kier alpha value is -2.08. The van der Waals surface area contributed by atoms with Crippen molar-refractivity contribution in [3.8, 4) is 5.75 Å².